The normalized spacial score (nSPS) is 17.8. The number of carbonyl (C=O) groups excluding carboxylic acids is 1. The van der Waals surface area contributed by atoms with Crippen LogP contribution in [0.4, 0.5) is 10.5 Å². The van der Waals surface area contributed by atoms with E-state index in [1.54, 1.807) is 0 Å². The third-order valence-electron chi connectivity index (χ3n) is 4.18. The van der Waals surface area contributed by atoms with Crippen molar-refractivity contribution in [2.45, 2.75) is 39.7 Å². The number of hydrogen-bond acceptors (Lipinski definition) is 3. The Labute approximate surface area is 145 Å². The molecule has 0 bridgehead atoms. The molecule has 0 saturated carbocycles. The van der Waals surface area contributed by atoms with Crippen LogP contribution in [0, 0.1) is 5.41 Å². The van der Waals surface area contributed by atoms with E-state index in [1.165, 1.54) is 5.69 Å². The Hall–Kier alpha value is -1.75. The second-order valence-corrected chi connectivity index (χ2v) is 7.78. The lowest BCUT2D eigenvalue weighted by molar-refractivity contribution is 0.162. The molecule has 2 N–H and O–H groups in total. The molecule has 5 heteroatoms. The summed E-state index contributed by atoms with van der Waals surface area (Å²) < 4.78 is 0. The fourth-order valence-electron chi connectivity index (χ4n) is 3.10. The molecule has 2 rings (SSSR count). The predicted molar refractivity (Wildman–Crippen MR) is 98.3 cm³/mol. The second kappa shape index (κ2) is 8.38. The molecule has 1 atom stereocenters. The summed E-state index contributed by atoms with van der Waals surface area (Å²) in [5, 5.41) is 12.2. The number of nitrogens with zero attached hydrogens (tertiary/aromatic N) is 2. The standard InChI is InChI=1S/C19H31N3O2/c1-19(2,3)15-22(11-7-13-23)18(24)20-16-10-12-21(14-16)17-8-5-4-6-9-17/h4-6,8-9,16,23H,7,10-15H2,1-3H3,(H,20,24). The lowest BCUT2D eigenvalue weighted by Crippen LogP contribution is -2.48. The molecule has 1 unspecified atom stereocenters. The van der Waals surface area contributed by atoms with Crippen LogP contribution in [0.3, 0.4) is 0 Å². The first-order chi connectivity index (χ1) is 11.4. The van der Waals surface area contributed by atoms with Gasteiger partial charge in [-0.15, -0.1) is 0 Å². The number of rotatable bonds is 6. The summed E-state index contributed by atoms with van der Waals surface area (Å²) >= 11 is 0. The predicted octanol–water partition coefficient (Wildman–Crippen LogP) is 2.71. The average Bonchev–Trinajstić information content (AvgIpc) is 2.99. The van der Waals surface area contributed by atoms with Crippen LogP contribution in [0.5, 0.6) is 0 Å². The summed E-state index contributed by atoms with van der Waals surface area (Å²) in [5.41, 5.74) is 1.25. The third-order valence-corrected chi connectivity index (χ3v) is 4.18. The topological polar surface area (TPSA) is 55.8 Å². The average molecular weight is 333 g/mol. The van der Waals surface area contributed by atoms with E-state index in [9.17, 15) is 4.79 Å². The smallest absolute Gasteiger partial charge is 0.317 e. The SMILES string of the molecule is CC(C)(C)CN(CCCO)C(=O)NC1CCN(c2ccccc2)C1. The summed E-state index contributed by atoms with van der Waals surface area (Å²) in [6.07, 6.45) is 1.58. The van der Waals surface area contributed by atoms with Crippen LogP contribution in [0.15, 0.2) is 30.3 Å². The number of nitrogens with one attached hydrogen (secondary N) is 1. The molecular formula is C19H31N3O2. The number of amides is 2. The zero-order valence-electron chi connectivity index (χ0n) is 15.2. The van der Waals surface area contributed by atoms with E-state index in [4.69, 9.17) is 5.11 Å². The van der Waals surface area contributed by atoms with Crippen LogP contribution < -0.4 is 10.2 Å². The molecule has 1 fully saturated rings. The third kappa shape index (κ3) is 5.71. The van der Waals surface area contributed by atoms with Crippen LogP contribution in [0.25, 0.3) is 0 Å². The first-order valence-corrected chi connectivity index (χ1v) is 8.85. The number of para-hydroxylation sites is 1. The Bertz CT molecular complexity index is 513. The Balaban J connectivity index is 1.90. The number of hydrogen-bond donors (Lipinski definition) is 2. The molecule has 0 spiro atoms. The minimum atomic E-state index is -0.0155. The van der Waals surface area contributed by atoms with Crippen molar-refractivity contribution in [2.24, 2.45) is 5.41 Å². The minimum absolute atomic E-state index is 0.0155. The minimum Gasteiger partial charge on any atom is -0.396 e. The highest BCUT2D eigenvalue weighted by Gasteiger charge is 2.27. The van der Waals surface area contributed by atoms with Crippen molar-refractivity contribution >= 4 is 11.7 Å². The molecule has 1 aliphatic heterocycles. The first kappa shape index (κ1) is 18.6. The van der Waals surface area contributed by atoms with Crippen molar-refractivity contribution in [1.82, 2.24) is 10.2 Å². The van der Waals surface area contributed by atoms with Crippen molar-refractivity contribution < 1.29 is 9.90 Å². The van der Waals surface area contributed by atoms with Gasteiger partial charge in [-0.3, -0.25) is 0 Å². The van der Waals surface area contributed by atoms with Crippen molar-refractivity contribution in [3.05, 3.63) is 30.3 Å². The van der Waals surface area contributed by atoms with Crippen LogP contribution in [-0.2, 0) is 0 Å². The quantitative estimate of drug-likeness (QED) is 0.841. The van der Waals surface area contributed by atoms with Gasteiger partial charge < -0.3 is 20.2 Å². The number of anilines is 1. The van der Waals surface area contributed by atoms with Gasteiger partial charge in [0.2, 0.25) is 0 Å². The van der Waals surface area contributed by atoms with E-state index in [2.05, 4.69) is 43.1 Å². The van der Waals surface area contributed by atoms with Gasteiger partial charge in [-0.1, -0.05) is 39.0 Å². The van der Waals surface area contributed by atoms with Gasteiger partial charge in [-0.05, 0) is 30.4 Å². The molecule has 1 heterocycles. The molecular weight excluding hydrogens is 302 g/mol. The van der Waals surface area contributed by atoms with E-state index >= 15 is 0 Å². The molecule has 1 aromatic rings. The van der Waals surface area contributed by atoms with Gasteiger partial charge in [0.25, 0.3) is 0 Å². The van der Waals surface area contributed by atoms with Crippen molar-refractivity contribution in [3.63, 3.8) is 0 Å². The maximum atomic E-state index is 12.6. The molecule has 24 heavy (non-hydrogen) atoms. The summed E-state index contributed by atoms with van der Waals surface area (Å²) in [4.78, 5) is 16.8. The molecule has 134 valence electrons. The Morgan fingerprint density at radius 3 is 2.67 bits per heavy atom. The lowest BCUT2D eigenvalue weighted by Gasteiger charge is -2.31. The van der Waals surface area contributed by atoms with Crippen LogP contribution >= 0.6 is 0 Å². The maximum Gasteiger partial charge on any atom is 0.317 e. The van der Waals surface area contributed by atoms with Crippen LogP contribution in [0.1, 0.15) is 33.6 Å². The molecule has 1 aliphatic rings. The number of aliphatic hydroxyl groups excluding tert-OH is 1. The van der Waals surface area contributed by atoms with Gasteiger partial charge in [0.15, 0.2) is 0 Å². The van der Waals surface area contributed by atoms with E-state index in [1.807, 2.05) is 23.1 Å². The molecule has 5 nitrogen and oxygen atoms in total. The van der Waals surface area contributed by atoms with Gasteiger partial charge in [0.05, 0.1) is 0 Å². The van der Waals surface area contributed by atoms with Gasteiger partial charge in [-0.25, -0.2) is 4.79 Å². The molecule has 0 aliphatic carbocycles. The zero-order chi connectivity index (χ0) is 17.6. The van der Waals surface area contributed by atoms with E-state index < -0.39 is 0 Å². The number of aliphatic hydroxyl groups is 1. The Kier molecular flexibility index (Phi) is 6.49. The van der Waals surface area contributed by atoms with E-state index in [0.29, 0.717) is 19.5 Å². The summed E-state index contributed by atoms with van der Waals surface area (Å²) in [6, 6.07) is 10.5. The number of urea groups is 1. The van der Waals surface area contributed by atoms with Crippen LogP contribution in [-0.4, -0.2) is 54.9 Å². The monoisotopic (exact) mass is 333 g/mol. The van der Waals surface area contributed by atoms with Gasteiger partial charge in [0, 0.05) is 44.5 Å². The molecule has 1 saturated heterocycles. The summed E-state index contributed by atoms with van der Waals surface area (Å²) in [5.74, 6) is 0. The molecule has 1 aromatic carbocycles. The number of carbonyl (C=O) groups is 1. The highest BCUT2D eigenvalue weighted by molar-refractivity contribution is 5.74. The van der Waals surface area contributed by atoms with Gasteiger partial charge >= 0.3 is 6.03 Å². The van der Waals surface area contributed by atoms with E-state index in [-0.39, 0.29) is 24.1 Å². The van der Waals surface area contributed by atoms with Crippen LogP contribution in [0.2, 0.25) is 0 Å². The molecule has 0 aromatic heterocycles. The first-order valence-electron chi connectivity index (χ1n) is 8.85. The Morgan fingerprint density at radius 2 is 2.04 bits per heavy atom. The molecule has 0 radical (unpaired) electrons. The number of benzene rings is 1. The zero-order valence-corrected chi connectivity index (χ0v) is 15.2. The van der Waals surface area contributed by atoms with Crippen molar-refractivity contribution in [3.8, 4) is 0 Å². The van der Waals surface area contributed by atoms with Gasteiger partial charge in [0.1, 0.15) is 0 Å². The van der Waals surface area contributed by atoms with Gasteiger partial charge in [-0.2, -0.15) is 0 Å². The fourth-order valence-corrected chi connectivity index (χ4v) is 3.10. The van der Waals surface area contributed by atoms with Crippen molar-refractivity contribution in [1.29, 1.82) is 0 Å². The highest BCUT2D eigenvalue weighted by Crippen LogP contribution is 2.20. The summed E-state index contributed by atoms with van der Waals surface area (Å²) in [7, 11) is 0. The van der Waals surface area contributed by atoms with E-state index in [0.717, 1.165) is 19.5 Å². The van der Waals surface area contributed by atoms with Crippen molar-refractivity contribution in [2.75, 3.05) is 37.7 Å². The largest absolute Gasteiger partial charge is 0.396 e. The molecule has 2 amide bonds. The Morgan fingerprint density at radius 1 is 1.33 bits per heavy atom. The highest BCUT2D eigenvalue weighted by atomic mass is 16.3. The lowest BCUT2D eigenvalue weighted by atomic mass is 9.96. The maximum absolute atomic E-state index is 12.6. The second-order valence-electron chi connectivity index (χ2n) is 7.78. The fraction of sp³-hybridized carbons (Fsp3) is 0.632. The summed E-state index contributed by atoms with van der Waals surface area (Å²) in [6.45, 7) is 9.57.